The van der Waals surface area contributed by atoms with Gasteiger partial charge in [-0.25, -0.2) is 9.97 Å². The molecule has 0 aromatic carbocycles. The van der Waals surface area contributed by atoms with Crippen molar-refractivity contribution in [3.05, 3.63) is 34.4 Å². The summed E-state index contributed by atoms with van der Waals surface area (Å²) in [7, 11) is 0. The lowest BCUT2D eigenvalue weighted by molar-refractivity contribution is 0.0945. The molecule has 1 aliphatic rings. The Morgan fingerprint density at radius 1 is 1.45 bits per heavy atom. The molecule has 0 saturated heterocycles. The lowest BCUT2D eigenvalue weighted by Crippen LogP contribution is -2.35. The lowest BCUT2D eigenvalue weighted by Gasteiger charge is -2.11. The van der Waals surface area contributed by atoms with Crippen molar-refractivity contribution < 1.29 is 4.79 Å². The van der Waals surface area contributed by atoms with Crippen LogP contribution in [0.5, 0.6) is 0 Å². The first-order chi connectivity index (χ1) is 10.7. The van der Waals surface area contributed by atoms with Crippen LogP contribution in [0.3, 0.4) is 0 Å². The number of unbranched alkanes of at least 4 members (excludes halogenated alkanes) is 1. The Bertz CT molecular complexity index is 749. The summed E-state index contributed by atoms with van der Waals surface area (Å²) < 4.78 is 1.57. The van der Waals surface area contributed by atoms with Gasteiger partial charge in [0.1, 0.15) is 5.52 Å². The average Bonchev–Trinajstić information content (AvgIpc) is 3.35. The van der Waals surface area contributed by atoms with Gasteiger partial charge in [-0.05, 0) is 37.3 Å². The largest absolute Gasteiger partial charge is 0.350 e. The fraction of sp³-hybridized carbons (Fsp3) is 0.500. The van der Waals surface area contributed by atoms with Crippen LogP contribution in [0.1, 0.15) is 43.1 Å². The normalized spacial score (nSPS) is 14.2. The first kappa shape index (κ1) is 14.7. The van der Waals surface area contributed by atoms with Crippen LogP contribution < -0.4 is 10.9 Å². The molecule has 2 heterocycles. The first-order valence-electron chi connectivity index (χ1n) is 7.84. The number of amides is 1. The van der Waals surface area contributed by atoms with Gasteiger partial charge in [0.05, 0.1) is 0 Å². The van der Waals surface area contributed by atoms with E-state index < -0.39 is 0 Å². The first-order valence-corrected chi connectivity index (χ1v) is 7.84. The van der Waals surface area contributed by atoms with Crippen LogP contribution in [-0.2, 0) is 6.54 Å². The van der Waals surface area contributed by atoms with Crippen LogP contribution in [0.2, 0.25) is 0 Å². The second-order valence-corrected chi connectivity index (χ2v) is 5.77. The minimum Gasteiger partial charge on any atom is -0.350 e. The predicted molar refractivity (Wildman–Crippen MR) is 83.8 cm³/mol. The molecule has 2 aromatic rings. The van der Waals surface area contributed by atoms with Crippen LogP contribution in [-0.4, -0.2) is 27.0 Å². The molecule has 0 bridgehead atoms. The maximum atomic E-state index is 12.6. The highest BCUT2D eigenvalue weighted by molar-refractivity contribution is 5.93. The third-order valence-electron chi connectivity index (χ3n) is 3.90. The number of nitrogens with one attached hydrogen (secondary N) is 1. The SMILES string of the molecule is CCCCn1c(=O)c(C(=O)NCC2CC2)nc2cccnc21. The maximum absolute atomic E-state index is 12.6. The molecule has 22 heavy (non-hydrogen) atoms. The van der Waals surface area contributed by atoms with Gasteiger partial charge in [0.25, 0.3) is 11.5 Å². The van der Waals surface area contributed by atoms with E-state index in [0.29, 0.717) is 30.2 Å². The van der Waals surface area contributed by atoms with Crippen molar-refractivity contribution in [3.63, 3.8) is 0 Å². The van der Waals surface area contributed by atoms with Crippen molar-refractivity contribution in [3.8, 4) is 0 Å². The van der Waals surface area contributed by atoms with Gasteiger partial charge in [0.15, 0.2) is 11.3 Å². The van der Waals surface area contributed by atoms with Crippen LogP contribution in [0.4, 0.5) is 0 Å². The summed E-state index contributed by atoms with van der Waals surface area (Å²) in [6, 6.07) is 3.54. The molecule has 6 heteroatoms. The number of carbonyl (C=O) groups excluding carboxylic acids is 1. The van der Waals surface area contributed by atoms with Gasteiger partial charge in [-0.3, -0.25) is 14.2 Å². The Morgan fingerprint density at radius 3 is 3.00 bits per heavy atom. The summed E-state index contributed by atoms with van der Waals surface area (Å²) in [5, 5.41) is 2.81. The number of nitrogens with zero attached hydrogens (tertiary/aromatic N) is 3. The number of aromatic nitrogens is 3. The fourth-order valence-electron chi connectivity index (χ4n) is 2.39. The number of hydrogen-bond acceptors (Lipinski definition) is 4. The smallest absolute Gasteiger partial charge is 0.283 e. The van der Waals surface area contributed by atoms with Crippen molar-refractivity contribution in [1.29, 1.82) is 0 Å². The minimum atomic E-state index is -0.382. The van der Waals surface area contributed by atoms with Gasteiger partial charge in [-0.2, -0.15) is 0 Å². The van der Waals surface area contributed by atoms with Gasteiger partial charge in [0.2, 0.25) is 0 Å². The van der Waals surface area contributed by atoms with Crippen molar-refractivity contribution in [1.82, 2.24) is 19.9 Å². The monoisotopic (exact) mass is 300 g/mol. The molecule has 6 nitrogen and oxygen atoms in total. The molecular weight excluding hydrogens is 280 g/mol. The molecule has 1 N–H and O–H groups in total. The highest BCUT2D eigenvalue weighted by Gasteiger charge is 2.24. The van der Waals surface area contributed by atoms with Crippen LogP contribution in [0, 0.1) is 5.92 Å². The zero-order valence-corrected chi connectivity index (χ0v) is 12.7. The van der Waals surface area contributed by atoms with E-state index in [1.165, 1.54) is 0 Å². The fourth-order valence-corrected chi connectivity index (χ4v) is 2.39. The molecule has 3 rings (SSSR count). The van der Waals surface area contributed by atoms with Crippen molar-refractivity contribution in [2.24, 2.45) is 5.92 Å². The summed E-state index contributed by atoms with van der Waals surface area (Å²) >= 11 is 0. The van der Waals surface area contributed by atoms with Crippen LogP contribution in [0.15, 0.2) is 23.1 Å². The van der Waals surface area contributed by atoms with Gasteiger partial charge in [-0.15, -0.1) is 0 Å². The van der Waals surface area contributed by atoms with Crippen molar-refractivity contribution in [2.75, 3.05) is 6.54 Å². The van der Waals surface area contributed by atoms with E-state index in [4.69, 9.17) is 0 Å². The Balaban J connectivity index is 1.99. The number of hydrogen-bond donors (Lipinski definition) is 1. The van der Waals surface area contributed by atoms with Gasteiger partial charge in [-0.1, -0.05) is 13.3 Å². The van der Waals surface area contributed by atoms with Crippen LogP contribution in [0.25, 0.3) is 11.2 Å². The second-order valence-electron chi connectivity index (χ2n) is 5.77. The van der Waals surface area contributed by atoms with Gasteiger partial charge < -0.3 is 5.32 Å². The molecule has 0 unspecified atom stereocenters. The third-order valence-corrected chi connectivity index (χ3v) is 3.90. The molecule has 116 valence electrons. The van der Waals surface area contributed by atoms with E-state index in [0.717, 1.165) is 25.7 Å². The number of carbonyl (C=O) groups is 1. The van der Waals surface area contributed by atoms with E-state index in [9.17, 15) is 9.59 Å². The molecular formula is C16H20N4O2. The molecule has 2 aromatic heterocycles. The molecule has 0 spiro atoms. The van der Waals surface area contributed by atoms with E-state index in [2.05, 4.69) is 22.2 Å². The maximum Gasteiger partial charge on any atom is 0.283 e. The molecule has 0 aliphatic heterocycles. The summed E-state index contributed by atoms with van der Waals surface area (Å²) in [4.78, 5) is 33.3. The number of rotatable bonds is 6. The molecule has 1 saturated carbocycles. The molecule has 1 fully saturated rings. The zero-order chi connectivity index (χ0) is 15.5. The van der Waals surface area contributed by atoms with E-state index in [-0.39, 0.29) is 17.2 Å². The standard InChI is InChI=1S/C16H20N4O2/c1-2-3-9-20-14-12(5-4-8-17-14)19-13(16(20)22)15(21)18-10-11-6-7-11/h4-5,8,11H,2-3,6-7,9-10H2,1H3,(H,18,21). The topological polar surface area (TPSA) is 76.9 Å². The third kappa shape index (κ3) is 3.00. The Morgan fingerprint density at radius 2 is 2.27 bits per heavy atom. The summed E-state index contributed by atoms with van der Waals surface area (Å²) in [6.07, 6.45) is 5.76. The number of fused-ring (bicyclic) bond motifs is 1. The zero-order valence-electron chi connectivity index (χ0n) is 12.7. The highest BCUT2D eigenvalue weighted by Crippen LogP contribution is 2.27. The minimum absolute atomic E-state index is 0.0303. The molecule has 1 aliphatic carbocycles. The van der Waals surface area contributed by atoms with Crippen molar-refractivity contribution in [2.45, 2.75) is 39.2 Å². The van der Waals surface area contributed by atoms with E-state index >= 15 is 0 Å². The second kappa shape index (κ2) is 6.25. The van der Waals surface area contributed by atoms with Gasteiger partial charge in [0, 0.05) is 19.3 Å². The number of pyridine rings is 1. The van der Waals surface area contributed by atoms with Crippen LogP contribution >= 0.6 is 0 Å². The molecule has 1 amide bonds. The molecule has 0 atom stereocenters. The summed E-state index contributed by atoms with van der Waals surface area (Å²) in [5.74, 6) is 0.182. The lowest BCUT2D eigenvalue weighted by atomic mass is 10.3. The summed E-state index contributed by atoms with van der Waals surface area (Å²) in [6.45, 7) is 3.24. The Kier molecular flexibility index (Phi) is 4.18. The van der Waals surface area contributed by atoms with Crippen molar-refractivity contribution >= 4 is 17.1 Å². The Labute approximate surface area is 128 Å². The number of aryl methyl sites for hydroxylation is 1. The van der Waals surface area contributed by atoms with E-state index in [1.807, 2.05) is 0 Å². The quantitative estimate of drug-likeness (QED) is 0.881. The average molecular weight is 300 g/mol. The Hall–Kier alpha value is -2.24. The summed E-state index contributed by atoms with van der Waals surface area (Å²) in [5.41, 5.74) is 0.736. The predicted octanol–water partition coefficient (Wildman–Crippen LogP) is 1.73. The van der Waals surface area contributed by atoms with E-state index in [1.54, 1.807) is 22.9 Å². The highest BCUT2D eigenvalue weighted by atomic mass is 16.2. The molecule has 0 radical (unpaired) electrons. The van der Waals surface area contributed by atoms with Gasteiger partial charge >= 0.3 is 0 Å².